The minimum atomic E-state index is 0.255. The lowest BCUT2D eigenvalue weighted by atomic mass is 10.0. The Hall–Kier alpha value is -2.29. The Morgan fingerprint density at radius 3 is 0.915 bits per heavy atom. The topological polar surface area (TPSA) is 132 Å². The number of hydrogen-bond donors (Lipinski definition) is 0. The first-order valence-corrected chi connectivity index (χ1v) is 17.1. The molecule has 0 amide bonds. The van der Waals surface area contributed by atoms with Gasteiger partial charge in [0.15, 0.2) is 0 Å². The first kappa shape index (κ1) is 67.0. The van der Waals surface area contributed by atoms with E-state index in [0.717, 1.165) is 32.1 Å². The molecule has 288 valence electrons. The highest BCUT2D eigenvalue weighted by Gasteiger charge is 2.04. The smallest absolute Gasteiger partial charge is 0.132 e. The summed E-state index contributed by atoms with van der Waals surface area (Å²) in [5.41, 5.74) is 0. The van der Waals surface area contributed by atoms with Crippen LogP contribution in [0.2, 0.25) is 0 Å². The Kier molecular flexibility index (Phi) is 120. The Morgan fingerprint density at radius 2 is 0.851 bits per heavy atom. The molecule has 0 N–H and O–H groups in total. The summed E-state index contributed by atoms with van der Waals surface area (Å²) in [6.07, 6.45) is 7.75. The van der Waals surface area contributed by atoms with E-state index in [2.05, 4.69) is 23.7 Å². The quantitative estimate of drug-likeness (QED) is 0.208. The molecule has 0 aliphatic carbocycles. The van der Waals surface area contributed by atoms with E-state index in [4.69, 9.17) is 12.3 Å². The Balaban J connectivity index is -0.0000000375. The van der Waals surface area contributed by atoms with Crippen LogP contribution in [0.4, 0.5) is 0 Å². The van der Waals surface area contributed by atoms with Gasteiger partial charge in [-0.05, 0) is 60.3 Å². The minimum Gasteiger partial charge on any atom is -0.307 e. The molecule has 0 spiro atoms. The van der Waals surface area contributed by atoms with Crippen LogP contribution >= 0.6 is 0 Å². The molecule has 3 unspecified atom stereocenters. The van der Waals surface area contributed by atoms with E-state index in [-0.39, 0.29) is 29.3 Å². The van der Waals surface area contributed by atoms with E-state index < -0.39 is 0 Å². The van der Waals surface area contributed by atoms with Crippen molar-refractivity contribution >= 4 is 54.9 Å². The van der Waals surface area contributed by atoms with Crippen molar-refractivity contribution in [3.63, 3.8) is 0 Å². The van der Waals surface area contributed by atoms with Crippen molar-refractivity contribution < 1.29 is 36.3 Å². The molecule has 0 bridgehead atoms. The van der Waals surface area contributed by atoms with Crippen LogP contribution in [0.25, 0.3) is 0 Å². The molecule has 47 heavy (non-hydrogen) atoms. The number of rotatable bonds is 11. The number of nitrogens with zero attached hydrogens (tertiary/aromatic N) is 1. The van der Waals surface area contributed by atoms with Crippen LogP contribution in [0.15, 0.2) is 4.36 Å². The molecule has 8 nitrogen and oxygen atoms in total. The van der Waals surface area contributed by atoms with E-state index in [1.807, 2.05) is 75.9 Å². The molecule has 3 atom stereocenters. The lowest BCUT2D eigenvalue weighted by molar-refractivity contribution is -0.121. The molecule has 0 aromatic heterocycles. The summed E-state index contributed by atoms with van der Waals surface area (Å²) in [7, 11) is 1.56. The Labute approximate surface area is 302 Å². The summed E-state index contributed by atoms with van der Waals surface area (Å²) in [5.74, 6) is 2.26. The van der Waals surface area contributed by atoms with Crippen LogP contribution in [-0.4, -0.2) is 49.5 Å². The van der Waals surface area contributed by atoms with Gasteiger partial charge in [-0.1, -0.05) is 110 Å². The number of unbranched alkanes of at least 4 members (excludes halogenated alkanes) is 1. The summed E-state index contributed by atoms with van der Waals surface area (Å²) in [5, 5.41) is 0. The van der Waals surface area contributed by atoms with Crippen molar-refractivity contribution in [2.45, 2.75) is 183 Å². The van der Waals surface area contributed by atoms with Gasteiger partial charge in [-0.3, -0.25) is 14.4 Å². The second-order valence-corrected chi connectivity index (χ2v) is 9.55. The van der Waals surface area contributed by atoms with Crippen LogP contribution in [0.1, 0.15) is 186 Å². The van der Waals surface area contributed by atoms with Gasteiger partial charge in [0.25, 0.3) is 0 Å². The molecular formula is C38H83NO7S. The lowest BCUT2D eigenvalue weighted by Gasteiger charge is -2.03. The molecule has 0 saturated carbocycles. The second-order valence-electron chi connectivity index (χ2n) is 9.18. The van der Waals surface area contributed by atoms with Crippen molar-refractivity contribution in [1.82, 2.24) is 0 Å². The third kappa shape index (κ3) is 147. The van der Waals surface area contributed by atoms with E-state index in [9.17, 15) is 24.0 Å². The first-order chi connectivity index (χ1) is 22.8. The second kappa shape index (κ2) is 84.5. The van der Waals surface area contributed by atoms with Crippen LogP contribution < -0.4 is 0 Å². The highest BCUT2D eigenvalue weighted by Crippen LogP contribution is 2.07. The molecule has 0 heterocycles. The van der Waals surface area contributed by atoms with E-state index in [1.54, 1.807) is 55.5 Å². The maximum Gasteiger partial charge on any atom is 0.132 e. The SMILES string of the molecule is C=O.C=O.CC.CCC(C)=O.CCC(C)C(C)=O.CCC(C)C(C)=O.CCCC(C)=O.CCCCC(C)C(C)=O.CN=S.[3H]CC.[3H]CC. The van der Waals surface area contributed by atoms with Crippen molar-refractivity contribution in [2.75, 3.05) is 7.05 Å². The third-order valence-corrected chi connectivity index (χ3v) is 5.40. The molecule has 0 radical (unpaired) electrons. The van der Waals surface area contributed by atoms with Gasteiger partial charge in [0.1, 0.15) is 42.5 Å². The fraction of sp³-hybridized carbons (Fsp3) is 0.816. The molecule has 0 aromatic rings. The van der Waals surface area contributed by atoms with Crippen LogP contribution in [-0.2, 0) is 46.0 Å². The summed E-state index contributed by atoms with van der Waals surface area (Å²) < 4.78 is 15.5. The van der Waals surface area contributed by atoms with Gasteiger partial charge in [-0.15, -0.1) is 0 Å². The van der Waals surface area contributed by atoms with Gasteiger partial charge in [-0.2, -0.15) is 0 Å². The zero-order valence-corrected chi connectivity index (χ0v) is 35.2. The average molecular weight is 702 g/mol. The van der Waals surface area contributed by atoms with E-state index in [0.29, 0.717) is 37.6 Å². The third-order valence-electron chi connectivity index (χ3n) is 5.40. The van der Waals surface area contributed by atoms with Crippen molar-refractivity contribution in [2.24, 2.45) is 22.1 Å². The van der Waals surface area contributed by atoms with Crippen molar-refractivity contribution in [3.05, 3.63) is 0 Å². The number of ketones is 5. The Bertz CT molecular complexity index is 630. The van der Waals surface area contributed by atoms with Crippen LogP contribution in [0, 0.1) is 17.8 Å². The maximum atomic E-state index is 10.6. The number of Topliss-reactive ketones (excluding diaryl/α,β-unsaturated/α-hetero) is 5. The average Bonchev–Trinajstić information content (AvgIpc) is 3.07. The van der Waals surface area contributed by atoms with Crippen molar-refractivity contribution in [1.29, 1.82) is 0 Å². The predicted molar refractivity (Wildman–Crippen MR) is 210 cm³/mol. The fourth-order valence-electron chi connectivity index (χ4n) is 1.64. The summed E-state index contributed by atoms with van der Waals surface area (Å²) in [4.78, 5) is 67.3. The zero-order valence-electron chi connectivity index (χ0n) is 36.4. The summed E-state index contributed by atoms with van der Waals surface area (Å²) in [6.45, 7) is 36.6. The fourth-order valence-corrected chi connectivity index (χ4v) is 1.64. The summed E-state index contributed by atoms with van der Waals surface area (Å²) >= 11 is 4.02. The first-order valence-electron chi connectivity index (χ1n) is 18.1. The monoisotopic (exact) mass is 702 g/mol. The van der Waals surface area contributed by atoms with Gasteiger partial charge in [0.05, 0.1) is 0 Å². The summed E-state index contributed by atoms with van der Waals surface area (Å²) in [6, 6.07) is 0. The minimum absolute atomic E-state index is 0.255. The molecule has 0 fully saturated rings. The van der Waals surface area contributed by atoms with Crippen LogP contribution in [0.5, 0.6) is 0 Å². The zero-order chi connectivity index (χ0) is 42.4. The van der Waals surface area contributed by atoms with Gasteiger partial charge < -0.3 is 19.2 Å². The molecule has 0 aromatic carbocycles. The van der Waals surface area contributed by atoms with Gasteiger partial charge in [0.2, 0.25) is 0 Å². The van der Waals surface area contributed by atoms with Gasteiger partial charge in [-0.25, -0.2) is 4.36 Å². The highest BCUT2D eigenvalue weighted by atomic mass is 32.1. The largest absolute Gasteiger partial charge is 0.307 e. The molecule has 0 rings (SSSR count). The predicted octanol–water partition coefficient (Wildman–Crippen LogP) is 11.1. The highest BCUT2D eigenvalue weighted by molar-refractivity contribution is 7.47. The normalized spacial score (nSPS) is 9.83. The maximum absolute atomic E-state index is 10.6. The van der Waals surface area contributed by atoms with Crippen molar-refractivity contribution in [3.8, 4) is 0 Å². The van der Waals surface area contributed by atoms with Gasteiger partial charge >= 0.3 is 0 Å². The number of carbonyl (C=O) groups excluding carboxylic acids is 7. The Morgan fingerprint density at radius 1 is 0.617 bits per heavy atom. The molecular weight excluding hydrogens is 614 g/mol. The van der Waals surface area contributed by atoms with Gasteiger partial charge in [0, 0.05) is 52.8 Å². The molecule has 9 heteroatoms. The standard InChI is InChI=1S/C8H16O.2C6H12O.C5H10O.C4H8O.3C2H6.CH3NS.2CH2O/c1-4-5-6-7(2)8(3)9;2*1-4-5(2)6(3)7;1-3-4-5(2)6;1-3-4(2)5;3*1-2;1-2-3;2*1-2/h7H,4-6H2,1-3H3;2*5H,4H2,1-3H3;3-4H2,1-2H3;3H2,1-2H3;3*1-2H3;1H3;2*1H2/i;;;;;2*1T;;;;. The number of carbonyl (C=O) groups is 7. The molecule has 0 aliphatic rings. The molecule has 0 aliphatic heterocycles. The van der Waals surface area contributed by atoms with E-state index in [1.165, 1.54) is 12.8 Å². The lowest BCUT2D eigenvalue weighted by Crippen LogP contribution is -2.05. The van der Waals surface area contributed by atoms with E-state index >= 15 is 0 Å². The molecule has 0 saturated heterocycles. The number of hydrogen-bond acceptors (Lipinski definition) is 9. The van der Waals surface area contributed by atoms with Crippen LogP contribution in [0.3, 0.4) is 0 Å².